The maximum absolute atomic E-state index is 11.1. The van der Waals surface area contributed by atoms with Crippen molar-refractivity contribution >= 4 is 11.7 Å². The van der Waals surface area contributed by atoms with Crippen LogP contribution in [0.2, 0.25) is 0 Å². The van der Waals surface area contributed by atoms with Crippen LogP contribution in [-0.4, -0.2) is 11.7 Å². The molecule has 0 unspecified atom stereocenters. The Kier molecular flexibility index (Phi) is 0.843. The van der Waals surface area contributed by atoms with Gasteiger partial charge in [-0.25, -0.2) is 0 Å². The Hall–Kier alpha value is -1.88. The summed E-state index contributed by atoms with van der Waals surface area (Å²) in [5.74, 6) is -0.569. The summed E-state index contributed by atoms with van der Waals surface area (Å²) in [5, 5.41) is 17.4. The molecule has 2 N–H and O–H groups in total. The molecule has 1 aliphatic heterocycles. The number of amidine groups is 1. The summed E-state index contributed by atoms with van der Waals surface area (Å²) in [6.07, 6.45) is 0.209. The molecule has 2 rings (SSSR count). The molecule has 2 aliphatic rings. The van der Waals surface area contributed by atoms with Crippen LogP contribution in [0.25, 0.3) is 0 Å². The smallest absolute Gasteiger partial charge is 0.270 e. The van der Waals surface area contributed by atoms with Gasteiger partial charge in [0.25, 0.3) is 5.91 Å². The van der Waals surface area contributed by atoms with E-state index in [-0.39, 0.29) is 12.3 Å². The highest BCUT2D eigenvalue weighted by Crippen LogP contribution is 2.66. The fourth-order valence-electron chi connectivity index (χ4n) is 1.60. The van der Waals surface area contributed by atoms with Crippen molar-refractivity contribution in [1.29, 1.82) is 10.5 Å². The van der Waals surface area contributed by atoms with Gasteiger partial charge in [-0.2, -0.15) is 15.5 Å². The highest BCUT2D eigenvalue weighted by Gasteiger charge is 2.80. The van der Waals surface area contributed by atoms with Crippen molar-refractivity contribution in [2.24, 2.45) is 21.6 Å². The van der Waals surface area contributed by atoms with E-state index in [4.69, 9.17) is 16.3 Å². The Bertz CT molecular complexity index is 399. The summed E-state index contributed by atoms with van der Waals surface area (Å²) in [7, 11) is 0. The third-order valence-electron chi connectivity index (χ3n) is 2.54. The van der Waals surface area contributed by atoms with E-state index in [1.54, 1.807) is 0 Å². The number of rotatable bonds is 0. The van der Waals surface area contributed by atoms with E-state index in [0.717, 1.165) is 0 Å². The van der Waals surface area contributed by atoms with Gasteiger partial charge in [-0.1, -0.05) is 0 Å². The lowest BCUT2D eigenvalue weighted by Crippen LogP contribution is -2.24. The lowest BCUT2D eigenvalue weighted by atomic mass is 9.97. The first-order chi connectivity index (χ1) is 5.63. The summed E-state index contributed by atoms with van der Waals surface area (Å²) in [5.41, 5.74) is 3.03. The molecule has 0 aromatic carbocycles. The molecule has 5 heteroatoms. The van der Waals surface area contributed by atoms with Crippen LogP contribution in [0.1, 0.15) is 6.42 Å². The molecule has 1 fully saturated rings. The van der Waals surface area contributed by atoms with Crippen molar-refractivity contribution in [2.45, 2.75) is 6.42 Å². The third-order valence-corrected chi connectivity index (χ3v) is 2.54. The second-order valence-electron chi connectivity index (χ2n) is 3.01. The molecular formula is C7H4N4O. The molecule has 58 valence electrons. The minimum Gasteiger partial charge on any atom is -0.386 e. The van der Waals surface area contributed by atoms with Gasteiger partial charge < -0.3 is 5.73 Å². The zero-order chi connectivity index (χ0) is 8.98. The molecule has 1 saturated carbocycles. The molecule has 0 spiro atoms. The van der Waals surface area contributed by atoms with E-state index in [1.807, 2.05) is 12.1 Å². The summed E-state index contributed by atoms with van der Waals surface area (Å²) >= 11 is 0. The average molecular weight is 160 g/mol. The number of carbonyl (C=O) groups is 1. The quantitative estimate of drug-likeness (QED) is 0.506. The van der Waals surface area contributed by atoms with Crippen molar-refractivity contribution in [3.8, 4) is 12.1 Å². The summed E-state index contributed by atoms with van der Waals surface area (Å²) in [4.78, 5) is 14.5. The summed E-state index contributed by atoms with van der Waals surface area (Å²) in [6.45, 7) is 0. The van der Waals surface area contributed by atoms with Gasteiger partial charge >= 0.3 is 0 Å². The van der Waals surface area contributed by atoms with Crippen molar-refractivity contribution in [1.82, 2.24) is 0 Å². The van der Waals surface area contributed by atoms with Crippen LogP contribution in [0.5, 0.6) is 0 Å². The van der Waals surface area contributed by atoms with Crippen LogP contribution in [0, 0.1) is 33.5 Å². The van der Waals surface area contributed by atoms with Gasteiger partial charge in [0, 0.05) is 6.42 Å². The molecule has 5 nitrogen and oxygen atoms in total. The van der Waals surface area contributed by atoms with E-state index in [2.05, 4.69) is 4.99 Å². The number of nitrogens with zero attached hydrogens (tertiary/aromatic N) is 3. The number of nitrogens with two attached hydrogens (primary N) is 1. The van der Waals surface area contributed by atoms with Gasteiger partial charge in [-0.3, -0.25) is 4.79 Å². The van der Waals surface area contributed by atoms with Crippen LogP contribution in [-0.2, 0) is 4.79 Å². The molecule has 1 heterocycles. The first-order valence-corrected chi connectivity index (χ1v) is 3.34. The lowest BCUT2D eigenvalue weighted by Gasteiger charge is -1.98. The highest BCUT2D eigenvalue weighted by molar-refractivity contribution is 6.16. The van der Waals surface area contributed by atoms with Gasteiger partial charge in [0.05, 0.1) is 12.1 Å². The zero-order valence-electron chi connectivity index (χ0n) is 6.03. The monoisotopic (exact) mass is 160 g/mol. The van der Waals surface area contributed by atoms with E-state index in [9.17, 15) is 4.79 Å². The van der Waals surface area contributed by atoms with Crippen molar-refractivity contribution < 1.29 is 4.79 Å². The SMILES string of the molecule is N#C[C@]12C[C@]1(C#N)C(N)=NC2=O. The van der Waals surface area contributed by atoms with Gasteiger partial charge in [0.15, 0.2) is 5.41 Å². The van der Waals surface area contributed by atoms with Crippen molar-refractivity contribution in [3.63, 3.8) is 0 Å². The number of fused-ring (bicyclic) bond motifs is 1. The van der Waals surface area contributed by atoms with Gasteiger partial charge in [-0.15, -0.1) is 0 Å². The van der Waals surface area contributed by atoms with E-state index in [0.29, 0.717) is 0 Å². The predicted octanol–water partition coefficient (Wildman–Crippen LogP) is -0.693. The van der Waals surface area contributed by atoms with E-state index >= 15 is 0 Å². The summed E-state index contributed by atoms with van der Waals surface area (Å²) in [6, 6.07) is 3.71. The topological polar surface area (TPSA) is 103 Å². The Morgan fingerprint density at radius 3 is 2.33 bits per heavy atom. The van der Waals surface area contributed by atoms with Crippen LogP contribution in [0.4, 0.5) is 0 Å². The fourth-order valence-corrected chi connectivity index (χ4v) is 1.60. The number of carbonyl (C=O) groups excluding carboxylic acids is 1. The molecule has 2 atom stereocenters. The largest absolute Gasteiger partial charge is 0.386 e. The predicted molar refractivity (Wildman–Crippen MR) is 37.3 cm³/mol. The van der Waals surface area contributed by atoms with Gasteiger partial charge in [0.2, 0.25) is 0 Å². The fraction of sp³-hybridized carbons (Fsp3) is 0.429. The standard InChI is InChI=1S/C7H4N4O/c8-2-6-1-7(6,3-9)5(12)11-4(6)10/h1H2,(H2,10,11,12)/t6-,7-/m0/s1. The van der Waals surface area contributed by atoms with Crippen LogP contribution in [0.15, 0.2) is 4.99 Å². The van der Waals surface area contributed by atoms with Gasteiger partial charge in [-0.05, 0) is 0 Å². The Morgan fingerprint density at radius 2 is 2.00 bits per heavy atom. The van der Waals surface area contributed by atoms with E-state index in [1.165, 1.54) is 0 Å². The molecule has 12 heavy (non-hydrogen) atoms. The molecule has 0 bridgehead atoms. The first-order valence-electron chi connectivity index (χ1n) is 3.34. The molecule has 0 radical (unpaired) electrons. The zero-order valence-corrected chi connectivity index (χ0v) is 6.03. The number of hydrogen-bond acceptors (Lipinski definition) is 4. The normalized spacial score (nSPS) is 42.5. The Labute approximate surface area is 68.1 Å². The molecule has 0 aromatic rings. The minimum atomic E-state index is -1.24. The molecule has 0 aromatic heterocycles. The van der Waals surface area contributed by atoms with Crippen molar-refractivity contribution in [3.05, 3.63) is 0 Å². The van der Waals surface area contributed by atoms with Crippen LogP contribution in [0.3, 0.4) is 0 Å². The van der Waals surface area contributed by atoms with Crippen LogP contribution >= 0.6 is 0 Å². The second-order valence-corrected chi connectivity index (χ2v) is 3.01. The first kappa shape index (κ1) is 6.81. The minimum absolute atomic E-state index is 0.00319. The average Bonchev–Trinajstić information content (AvgIpc) is 2.70. The molecule has 1 aliphatic carbocycles. The molecular weight excluding hydrogens is 156 g/mol. The maximum Gasteiger partial charge on any atom is 0.270 e. The molecule has 0 saturated heterocycles. The molecule has 1 amide bonds. The number of aliphatic imine (C=N–C) groups is 1. The number of hydrogen-bond donors (Lipinski definition) is 1. The van der Waals surface area contributed by atoms with Crippen molar-refractivity contribution in [2.75, 3.05) is 0 Å². The lowest BCUT2D eigenvalue weighted by molar-refractivity contribution is -0.120. The van der Waals surface area contributed by atoms with Crippen LogP contribution < -0.4 is 5.73 Å². The second kappa shape index (κ2) is 1.49. The Morgan fingerprint density at radius 1 is 1.42 bits per heavy atom. The Balaban J connectivity index is 2.60. The van der Waals surface area contributed by atoms with Gasteiger partial charge in [0.1, 0.15) is 11.3 Å². The van der Waals surface area contributed by atoms with E-state index < -0.39 is 16.7 Å². The highest BCUT2D eigenvalue weighted by atomic mass is 16.2. The number of nitriles is 2. The number of amides is 1. The maximum atomic E-state index is 11.1. The third kappa shape index (κ3) is 0.375. The summed E-state index contributed by atoms with van der Waals surface area (Å²) < 4.78 is 0.